The van der Waals surface area contributed by atoms with E-state index in [0.29, 0.717) is 6.54 Å². The highest BCUT2D eigenvalue weighted by molar-refractivity contribution is 5.85. The Balaban J connectivity index is 0.00000225. The Morgan fingerprint density at radius 3 is 2.46 bits per heavy atom. The maximum Gasteiger partial charge on any atom is 0.155 e. The third kappa shape index (κ3) is 4.67. The fourth-order valence-corrected chi connectivity index (χ4v) is 3.45. The lowest BCUT2D eigenvalue weighted by Crippen LogP contribution is -2.46. The van der Waals surface area contributed by atoms with Crippen LogP contribution in [0.25, 0.3) is 11.3 Å². The minimum Gasteiger partial charge on any atom is -0.394 e. The van der Waals surface area contributed by atoms with Crippen molar-refractivity contribution in [3.8, 4) is 11.3 Å². The van der Waals surface area contributed by atoms with Gasteiger partial charge in [0, 0.05) is 62.4 Å². The van der Waals surface area contributed by atoms with Crippen LogP contribution in [0.2, 0.25) is 0 Å². The summed E-state index contributed by atoms with van der Waals surface area (Å²) in [5.41, 5.74) is 3.22. The van der Waals surface area contributed by atoms with Crippen LogP contribution < -0.4 is 4.90 Å². The Bertz CT molecular complexity index is 864. The van der Waals surface area contributed by atoms with E-state index in [1.807, 2.05) is 30.6 Å². The molecule has 3 heterocycles. The summed E-state index contributed by atoms with van der Waals surface area (Å²) in [6, 6.07) is 10.2. The number of anilines is 1. The largest absolute Gasteiger partial charge is 0.394 e. The molecule has 7 nitrogen and oxygen atoms in total. The van der Waals surface area contributed by atoms with Gasteiger partial charge in [-0.05, 0) is 0 Å². The van der Waals surface area contributed by atoms with Gasteiger partial charge in [0.25, 0.3) is 0 Å². The maximum atomic E-state index is 9.00. The maximum absolute atomic E-state index is 9.00. The van der Waals surface area contributed by atoms with Crippen molar-refractivity contribution in [2.45, 2.75) is 13.1 Å². The van der Waals surface area contributed by atoms with Crippen molar-refractivity contribution in [3.63, 3.8) is 0 Å². The number of piperazine rings is 1. The van der Waals surface area contributed by atoms with E-state index in [9.17, 15) is 0 Å². The predicted octanol–water partition coefficient (Wildman–Crippen LogP) is 2.08. The van der Waals surface area contributed by atoms with Gasteiger partial charge in [0.15, 0.2) is 5.82 Å². The summed E-state index contributed by atoms with van der Waals surface area (Å²) in [5, 5.41) is 13.3. The standard InChI is InChI=1S/C20H24N6O.ClH/c27-13-12-26-16-17(14-23-26)15-24-8-10-25(11-9-24)20-19(21-6-7-22-20)18-4-2-1-3-5-18;/h1-7,14,16,27H,8-13,15H2;1H. The molecule has 4 rings (SSSR count). The molecule has 1 N–H and O–H groups in total. The second-order valence-corrected chi connectivity index (χ2v) is 6.69. The Morgan fingerprint density at radius 2 is 1.71 bits per heavy atom. The summed E-state index contributed by atoms with van der Waals surface area (Å²) in [4.78, 5) is 13.9. The van der Waals surface area contributed by atoms with Crippen LogP contribution in [0.3, 0.4) is 0 Å². The minimum absolute atomic E-state index is 0. The van der Waals surface area contributed by atoms with Crippen LogP contribution in [-0.4, -0.2) is 62.5 Å². The molecule has 0 atom stereocenters. The van der Waals surface area contributed by atoms with Crippen LogP contribution in [0.4, 0.5) is 5.82 Å². The molecule has 0 unspecified atom stereocenters. The number of aliphatic hydroxyl groups excluding tert-OH is 1. The smallest absolute Gasteiger partial charge is 0.155 e. The molecule has 28 heavy (non-hydrogen) atoms. The van der Waals surface area contributed by atoms with Gasteiger partial charge >= 0.3 is 0 Å². The zero-order valence-electron chi connectivity index (χ0n) is 15.7. The number of rotatable bonds is 6. The highest BCUT2D eigenvalue weighted by Crippen LogP contribution is 2.27. The van der Waals surface area contributed by atoms with E-state index in [2.05, 4.69) is 37.0 Å². The monoisotopic (exact) mass is 400 g/mol. The minimum atomic E-state index is 0. The molecule has 148 valence electrons. The first-order valence-corrected chi connectivity index (χ1v) is 9.29. The average molecular weight is 401 g/mol. The third-order valence-electron chi connectivity index (χ3n) is 4.82. The lowest BCUT2D eigenvalue weighted by molar-refractivity contribution is 0.249. The Labute approximate surface area is 171 Å². The van der Waals surface area contributed by atoms with Crippen LogP contribution in [0.5, 0.6) is 0 Å². The number of nitrogens with zero attached hydrogens (tertiary/aromatic N) is 6. The Kier molecular flexibility index (Phi) is 6.97. The predicted molar refractivity (Wildman–Crippen MR) is 112 cm³/mol. The van der Waals surface area contributed by atoms with Gasteiger partial charge in [-0.15, -0.1) is 12.4 Å². The Hall–Kier alpha value is -2.48. The van der Waals surface area contributed by atoms with Crippen molar-refractivity contribution >= 4 is 18.2 Å². The zero-order chi connectivity index (χ0) is 18.5. The highest BCUT2D eigenvalue weighted by atomic mass is 35.5. The van der Waals surface area contributed by atoms with Gasteiger partial charge in [0.05, 0.1) is 19.3 Å². The van der Waals surface area contributed by atoms with Gasteiger partial charge in [0.2, 0.25) is 0 Å². The van der Waals surface area contributed by atoms with Gasteiger partial charge in [-0.3, -0.25) is 14.6 Å². The van der Waals surface area contributed by atoms with Crippen LogP contribution in [0.1, 0.15) is 5.56 Å². The summed E-state index contributed by atoms with van der Waals surface area (Å²) in [7, 11) is 0. The van der Waals surface area contributed by atoms with Gasteiger partial charge in [-0.1, -0.05) is 30.3 Å². The molecule has 0 amide bonds. The first kappa shape index (κ1) is 20.3. The van der Waals surface area contributed by atoms with Crippen molar-refractivity contribution in [2.24, 2.45) is 0 Å². The first-order valence-electron chi connectivity index (χ1n) is 9.29. The van der Waals surface area contributed by atoms with Crippen LogP contribution in [0.15, 0.2) is 55.1 Å². The van der Waals surface area contributed by atoms with Crippen molar-refractivity contribution in [1.29, 1.82) is 0 Å². The molecule has 0 bridgehead atoms. The molecule has 1 saturated heterocycles. The number of aromatic nitrogens is 4. The molecule has 3 aromatic rings. The Morgan fingerprint density at radius 1 is 0.964 bits per heavy atom. The fourth-order valence-electron chi connectivity index (χ4n) is 3.45. The van der Waals surface area contributed by atoms with Gasteiger partial charge < -0.3 is 10.0 Å². The van der Waals surface area contributed by atoms with Gasteiger partial charge in [-0.2, -0.15) is 5.10 Å². The third-order valence-corrected chi connectivity index (χ3v) is 4.82. The number of hydrogen-bond donors (Lipinski definition) is 1. The van der Waals surface area contributed by atoms with Crippen molar-refractivity contribution in [1.82, 2.24) is 24.6 Å². The number of hydrogen-bond acceptors (Lipinski definition) is 6. The molecule has 0 saturated carbocycles. The van der Waals surface area contributed by atoms with Crippen molar-refractivity contribution in [3.05, 3.63) is 60.7 Å². The normalized spacial score (nSPS) is 14.7. The van der Waals surface area contributed by atoms with E-state index in [0.717, 1.165) is 49.8 Å². The molecule has 1 aliphatic heterocycles. The van der Waals surface area contributed by atoms with Crippen LogP contribution >= 0.6 is 12.4 Å². The first-order chi connectivity index (χ1) is 13.3. The average Bonchev–Trinajstić information content (AvgIpc) is 3.16. The number of benzene rings is 1. The molecular formula is C20H25ClN6O. The van der Waals surface area contributed by atoms with Crippen molar-refractivity contribution in [2.75, 3.05) is 37.7 Å². The van der Waals surface area contributed by atoms with E-state index in [4.69, 9.17) is 5.11 Å². The van der Waals surface area contributed by atoms with E-state index in [-0.39, 0.29) is 19.0 Å². The quantitative estimate of drug-likeness (QED) is 0.683. The fraction of sp³-hybridized carbons (Fsp3) is 0.350. The number of aliphatic hydroxyl groups is 1. The molecule has 1 aliphatic rings. The summed E-state index contributed by atoms with van der Waals surface area (Å²) >= 11 is 0. The molecule has 2 aromatic heterocycles. The molecule has 0 spiro atoms. The second-order valence-electron chi connectivity index (χ2n) is 6.69. The van der Waals surface area contributed by atoms with E-state index >= 15 is 0 Å². The molecule has 8 heteroatoms. The molecule has 1 fully saturated rings. The molecule has 0 aliphatic carbocycles. The molecule has 0 radical (unpaired) electrons. The van der Waals surface area contributed by atoms with Gasteiger partial charge in [-0.25, -0.2) is 4.98 Å². The summed E-state index contributed by atoms with van der Waals surface area (Å²) in [5.74, 6) is 0.958. The topological polar surface area (TPSA) is 70.3 Å². The van der Waals surface area contributed by atoms with Crippen LogP contribution in [0, 0.1) is 0 Å². The summed E-state index contributed by atoms with van der Waals surface area (Å²) in [6.45, 7) is 5.31. The summed E-state index contributed by atoms with van der Waals surface area (Å²) < 4.78 is 1.79. The van der Waals surface area contributed by atoms with Crippen LogP contribution in [-0.2, 0) is 13.1 Å². The lowest BCUT2D eigenvalue weighted by atomic mass is 10.1. The van der Waals surface area contributed by atoms with E-state index in [1.54, 1.807) is 17.1 Å². The molecule has 1 aromatic carbocycles. The van der Waals surface area contributed by atoms with Gasteiger partial charge in [0.1, 0.15) is 5.69 Å². The second kappa shape index (κ2) is 9.64. The molecular weight excluding hydrogens is 376 g/mol. The zero-order valence-corrected chi connectivity index (χ0v) is 16.5. The summed E-state index contributed by atoms with van der Waals surface area (Å²) in [6.07, 6.45) is 7.42. The lowest BCUT2D eigenvalue weighted by Gasteiger charge is -2.35. The number of halogens is 1. The highest BCUT2D eigenvalue weighted by Gasteiger charge is 2.21. The SMILES string of the molecule is Cl.OCCn1cc(CN2CCN(c3nccnc3-c3ccccc3)CC2)cn1. The van der Waals surface area contributed by atoms with E-state index in [1.165, 1.54) is 5.56 Å². The van der Waals surface area contributed by atoms with E-state index < -0.39 is 0 Å². The van der Waals surface area contributed by atoms with Crippen molar-refractivity contribution < 1.29 is 5.11 Å².